The summed E-state index contributed by atoms with van der Waals surface area (Å²) in [6.45, 7) is 4.45. The number of hydrogen-bond acceptors (Lipinski definition) is 3. The molecule has 25 heavy (non-hydrogen) atoms. The van der Waals surface area contributed by atoms with Crippen molar-refractivity contribution in [2.24, 2.45) is 5.92 Å². The number of rotatable bonds is 17. The van der Waals surface area contributed by atoms with Crippen LogP contribution in [0.2, 0.25) is 0 Å². The van der Waals surface area contributed by atoms with Crippen molar-refractivity contribution in [3.8, 4) is 0 Å². The number of unbranched alkanes of at least 4 members (excludes halogenated alkanes) is 12. The molecule has 0 saturated carbocycles. The summed E-state index contributed by atoms with van der Waals surface area (Å²) >= 11 is 0. The van der Waals surface area contributed by atoms with Crippen LogP contribution in [0.25, 0.3) is 0 Å². The van der Waals surface area contributed by atoms with Gasteiger partial charge in [-0.2, -0.15) is 0 Å². The summed E-state index contributed by atoms with van der Waals surface area (Å²) in [7, 11) is 0. The molecule has 3 atom stereocenters. The van der Waals surface area contributed by atoms with E-state index in [1.807, 2.05) is 0 Å². The van der Waals surface area contributed by atoms with Gasteiger partial charge >= 0.3 is 5.97 Å². The molecule has 0 spiro atoms. The van der Waals surface area contributed by atoms with Gasteiger partial charge in [0.2, 0.25) is 0 Å². The zero-order chi connectivity index (χ0) is 18.3. The van der Waals surface area contributed by atoms with E-state index in [0.29, 0.717) is 0 Å². The monoisotopic (exact) mass is 354 g/mol. The topological polar surface area (TPSA) is 46.5 Å². The van der Waals surface area contributed by atoms with Crippen LogP contribution in [0.4, 0.5) is 0 Å². The van der Waals surface area contributed by atoms with Crippen LogP contribution in [0.1, 0.15) is 117 Å². The van der Waals surface area contributed by atoms with E-state index in [-0.39, 0.29) is 18.0 Å². The van der Waals surface area contributed by atoms with Gasteiger partial charge in [0, 0.05) is 0 Å². The van der Waals surface area contributed by atoms with Crippen molar-refractivity contribution in [2.45, 2.75) is 129 Å². The van der Waals surface area contributed by atoms with Crippen molar-refractivity contribution in [2.75, 3.05) is 0 Å². The highest BCUT2D eigenvalue weighted by Crippen LogP contribution is 2.31. The number of cyclic esters (lactones) is 1. The van der Waals surface area contributed by atoms with Gasteiger partial charge in [0.15, 0.2) is 0 Å². The van der Waals surface area contributed by atoms with Crippen LogP contribution in [-0.2, 0) is 9.53 Å². The number of carbonyl (C=O) groups excluding carboxylic acids is 1. The minimum Gasteiger partial charge on any atom is -0.458 e. The Bertz CT molecular complexity index is 329. The minimum atomic E-state index is -0.456. The Kier molecular flexibility index (Phi) is 13.1. The molecule has 3 unspecified atom stereocenters. The normalized spacial score (nSPS) is 21.0. The molecule has 3 heteroatoms. The average molecular weight is 355 g/mol. The maximum absolute atomic E-state index is 11.6. The lowest BCUT2D eigenvalue weighted by atomic mass is 9.86. The van der Waals surface area contributed by atoms with Gasteiger partial charge < -0.3 is 9.84 Å². The molecule has 1 heterocycles. The van der Waals surface area contributed by atoms with Gasteiger partial charge in [-0.15, -0.1) is 0 Å². The van der Waals surface area contributed by atoms with Crippen LogP contribution in [0.3, 0.4) is 0 Å². The second-order valence-electron chi connectivity index (χ2n) is 7.90. The Morgan fingerprint density at radius 3 is 1.80 bits per heavy atom. The van der Waals surface area contributed by atoms with Gasteiger partial charge in [-0.25, -0.2) is 0 Å². The van der Waals surface area contributed by atoms with Gasteiger partial charge in [0.25, 0.3) is 0 Å². The maximum atomic E-state index is 11.6. The first-order chi connectivity index (χ1) is 12.2. The fraction of sp³-hybridized carbons (Fsp3) is 0.955. The third-order valence-electron chi connectivity index (χ3n) is 5.55. The number of aliphatic hydroxyl groups is 1. The molecule has 0 aromatic carbocycles. The van der Waals surface area contributed by atoms with Crippen LogP contribution in [0, 0.1) is 5.92 Å². The summed E-state index contributed by atoms with van der Waals surface area (Å²) < 4.78 is 5.22. The molecule has 0 aliphatic carbocycles. The third kappa shape index (κ3) is 9.63. The van der Waals surface area contributed by atoms with Gasteiger partial charge in [-0.1, -0.05) is 104 Å². The molecule has 0 aromatic heterocycles. The van der Waals surface area contributed by atoms with Crippen LogP contribution in [0.15, 0.2) is 0 Å². The zero-order valence-electron chi connectivity index (χ0n) is 16.8. The number of carbonyl (C=O) groups is 1. The van der Waals surface area contributed by atoms with E-state index < -0.39 is 6.10 Å². The molecule has 1 rings (SSSR count). The largest absolute Gasteiger partial charge is 0.458 e. The molecule has 3 nitrogen and oxygen atoms in total. The van der Waals surface area contributed by atoms with Crippen molar-refractivity contribution < 1.29 is 14.6 Å². The Labute approximate surface area is 155 Å². The van der Waals surface area contributed by atoms with E-state index in [1.165, 1.54) is 77.0 Å². The highest BCUT2D eigenvalue weighted by molar-refractivity contribution is 5.78. The smallest absolute Gasteiger partial charge is 0.313 e. The summed E-state index contributed by atoms with van der Waals surface area (Å²) in [4.78, 5) is 11.6. The first-order valence-electron chi connectivity index (χ1n) is 11.1. The zero-order valence-corrected chi connectivity index (χ0v) is 16.8. The van der Waals surface area contributed by atoms with E-state index in [4.69, 9.17) is 4.74 Å². The van der Waals surface area contributed by atoms with Crippen molar-refractivity contribution in [1.29, 1.82) is 0 Å². The van der Waals surface area contributed by atoms with E-state index in [9.17, 15) is 9.90 Å². The standard InChI is InChI=1S/C22H42O3/c1-3-5-7-9-10-11-12-13-14-16-18-20(23)21-19(22(24)25-21)17-15-8-6-4-2/h19-21,23H,3-18H2,1-2H3. The lowest BCUT2D eigenvalue weighted by molar-refractivity contribution is -0.199. The van der Waals surface area contributed by atoms with Crippen molar-refractivity contribution >= 4 is 5.97 Å². The van der Waals surface area contributed by atoms with Crippen molar-refractivity contribution in [3.63, 3.8) is 0 Å². The first kappa shape index (κ1) is 22.5. The van der Waals surface area contributed by atoms with Gasteiger partial charge in [0.1, 0.15) is 6.10 Å². The summed E-state index contributed by atoms with van der Waals surface area (Å²) in [5, 5.41) is 10.3. The molecule has 0 radical (unpaired) electrons. The first-order valence-corrected chi connectivity index (χ1v) is 11.1. The molecule has 148 valence electrons. The van der Waals surface area contributed by atoms with Crippen LogP contribution in [0.5, 0.6) is 0 Å². The van der Waals surface area contributed by atoms with Crippen LogP contribution >= 0.6 is 0 Å². The molecule has 1 saturated heterocycles. The number of esters is 1. The lowest BCUT2D eigenvalue weighted by Crippen LogP contribution is -2.51. The van der Waals surface area contributed by atoms with Crippen LogP contribution < -0.4 is 0 Å². The SMILES string of the molecule is CCCCCCCCCCCCC(O)C1OC(=O)C1CCCCCC. The van der Waals surface area contributed by atoms with E-state index in [1.54, 1.807) is 0 Å². The maximum Gasteiger partial charge on any atom is 0.313 e. The Hall–Kier alpha value is -0.570. The van der Waals surface area contributed by atoms with Gasteiger partial charge in [-0.05, 0) is 12.8 Å². The molecule has 1 aliphatic heterocycles. The number of hydrogen-bond donors (Lipinski definition) is 1. The highest BCUT2D eigenvalue weighted by Gasteiger charge is 2.45. The predicted molar refractivity (Wildman–Crippen MR) is 105 cm³/mol. The van der Waals surface area contributed by atoms with Crippen molar-refractivity contribution in [3.05, 3.63) is 0 Å². The summed E-state index contributed by atoms with van der Waals surface area (Å²) in [5.41, 5.74) is 0. The molecular weight excluding hydrogens is 312 g/mol. The fourth-order valence-corrected chi connectivity index (χ4v) is 3.79. The quantitative estimate of drug-likeness (QED) is 0.251. The third-order valence-corrected chi connectivity index (χ3v) is 5.55. The second-order valence-corrected chi connectivity index (χ2v) is 7.90. The average Bonchev–Trinajstić information content (AvgIpc) is 2.60. The Balaban J connectivity index is 1.98. The van der Waals surface area contributed by atoms with E-state index in [0.717, 1.165) is 25.7 Å². The molecule has 1 N–H and O–H groups in total. The molecule has 0 amide bonds. The minimum absolute atomic E-state index is 0.0463. The van der Waals surface area contributed by atoms with E-state index >= 15 is 0 Å². The Morgan fingerprint density at radius 1 is 0.800 bits per heavy atom. The number of ether oxygens (including phenoxy) is 1. The lowest BCUT2D eigenvalue weighted by Gasteiger charge is -2.38. The second kappa shape index (κ2) is 14.6. The Morgan fingerprint density at radius 2 is 1.28 bits per heavy atom. The summed E-state index contributed by atoms with van der Waals surface area (Å²) in [6, 6.07) is 0. The molecular formula is C22H42O3. The van der Waals surface area contributed by atoms with Crippen molar-refractivity contribution in [1.82, 2.24) is 0 Å². The van der Waals surface area contributed by atoms with E-state index in [2.05, 4.69) is 13.8 Å². The summed E-state index contributed by atoms with van der Waals surface area (Å²) in [5.74, 6) is -0.140. The fourth-order valence-electron chi connectivity index (χ4n) is 3.79. The molecule has 0 aromatic rings. The predicted octanol–water partition coefficient (Wildman–Crippen LogP) is 6.17. The molecule has 1 aliphatic rings. The van der Waals surface area contributed by atoms with Gasteiger partial charge in [-0.3, -0.25) is 4.79 Å². The molecule has 1 fully saturated rings. The number of aliphatic hydroxyl groups excluding tert-OH is 1. The highest BCUT2D eigenvalue weighted by atomic mass is 16.6. The molecule has 0 bridgehead atoms. The van der Waals surface area contributed by atoms with Gasteiger partial charge in [0.05, 0.1) is 12.0 Å². The van der Waals surface area contributed by atoms with Crippen LogP contribution in [-0.4, -0.2) is 23.3 Å². The summed E-state index contributed by atoms with van der Waals surface area (Å²) in [6.07, 6.45) is 18.7.